The minimum absolute atomic E-state index is 0.231. The molecule has 0 heterocycles. The van der Waals surface area contributed by atoms with Crippen molar-refractivity contribution < 1.29 is 19.1 Å². The highest BCUT2D eigenvalue weighted by atomic mass is 16.7. The molecule has 2 fully saturated rings. The van der Waals surface area contributed by atoms with Crippen LogP contribution in [0.25, 0.3) is 0 Å². The second-order valence-corrected chi connectivity index (χ2v) is 8.66. The summed E-state index contributed by atoms with van der Waals surface area (Å²) in [4.78, 5) is 23.8. The zero-order chi connectivity index (χ0) is 19.9. The van der Waals surface area contributed by atoms with Crippen LogP contribution in [0.1, 0.15) is 98.3 Å². The first-order valence-electron chi connectivity index (χ1n) is 11.2. The predicted molar refractivity (Wildman–Crippen MR) is 108 cm³/mol. The van der Waals surface area contributed by atoms with Crippen molar-refractivity contribution in [3.05, 3.63) is 0 Å². The molecule has 4 heteroatoms. The van der Waals surface area contributed by atoms with E-state index in [-0.39, 0.29) is 17.3 Å². The van der Waals surface area contributed by atoms with Gasteiger partial charge in [0.2, 0.25) is 0 Å². The minimum atomic E-state index is -0.726. The third-order valence-electron chi connectivity index (χ3n) is 6.98. The number of hydrogen-bond donors (Lipinski definition) is 0. The van der Waals surface area contributed by atoms with E-state index >= 15 is 0 Å². The van der Waals surface area contributed by atoms with E-state index in [2.05, 4.69) is 13.8 Å². The highest BCUT2D eigenvalue weighted by molar-refractivity contribution is 5.86. The van der Waals surface area contributed by atoms with Gasteiger partial charge in [0.1, 0.15) is 11.6 Å². The zero-order valence-corrected chi connectivity index (χ0v) is 18.0. The fourth-order valence-corrected chi connectivity index (χ4v) is 5.48. The molecule has 27 heavy (non-hydrogen) atoms. The summed E-state index contributed by atoms with van der Waals surface area (Å²) in [6.07, 6.45) is 10.9. The van der Waals surface area contributed by atoms with Crippen molar-refractivity contribution >= 4 is 11.6 Å². The standard InChI is InChI=1S/C23H40O4/c1-5-8-9-10-11-12-13-23(18-14-20(24)15-18,19-16-21(25)17-19)22(4,26-6-2)27-7-3/h18-19H,5-17H2,1-4H3. The molecule has 2 rings (SSSR count). The third-order valence-corrected chi connectivity index (χ3v) is 6.98. The highest BCUT2D eigenvalue weighted by Crippen LogP contribution is 2.61. The van der Waals surface area contributed by atoms with Crippen molar-refractivity contribution in [1.82, 2.24) is 0 Å². The van der Waals surface area contributed by atoms with Gasteiger partial charge in [-0.15, -0.1) is 0 Å². The van der Waals surface area contributed by atoms with Crippen molar-refractivity contribution in [2.24, 2.45) is 17.3 Å². The Bertz CT molecular complexity index is 453. The smallest absolute Gasteiger partial charge is 0.171 e. The van der Waals surface area contributed by atoms with Crippen LogP contribution in [0.2, 0.25) is 0 Å². The largest absolute Gasteiger partial charge is 0.350 e. The number of ketones is 2. The number of hydrogen-bond acceptors (Lipinski definition) is 4. The Labute approximate surface area is 165 Å². The van der Waals surface area contributed by atoms with Crippen LogP contribution >= 0.6 is 0 Å². The predicted octanol–water partition coefficient (Wildman–Crippen LogP) is 5.47. The van der Waals surface area contributed by atoms with Gasteiger partial charge in [0.05, 0.1) is 0 Å². The maximum Gasteiger partial charge on any atom is 0.171 e. The monoisotopic (exact) mass is 380 g/mol. The fraction of sp³-hybridized carbons (Fsp3) is 0.913. The number of rotatable bonds is 14. The average Bonchev–Trinajstić information content (AvgIpc) is 2.57. The van der Waals surface area contributed by atoms with Crippen LogP contribution < -0.4 is 0 Å². The Balaban J connectivity index is 2.22. The molecule has 2 aliphatic rings. The summed E-state index contributed by atoms with van der Waals surface area (Å²) in [7, 11) is 0. The van der Waals surface area contributed by atoms with Crippen LogP contribution in [0.15, 0.2) is 0 Å². The Morgan fingerprint density at radius 2 is 1.22 bits per heavy atom. The van der Waals surface area contributed by atoms with E-state index in [1.807, 2.05) is 13.8 Å². The van der Waals surface area contributed by atoms with E-state index in [0.717, 1.165) is 12.8 Å². The van der Waals surface area contributed by atoms with Gasteiger partial charge in [-0.3, -0.25) is 9.59 Å². The normalized spacial score (nSPS) is 19.3. The molecule has 0 amide bonds. The van der Waals surface area contributed by atoms with E-state index < -0.39 is 5.79 Å². The first-order valence-corrected chi connectivity index (χ1v) is 11.2. The molecule has 0 unspecified atom stereocenters. The van der Waals surface area contributed by atoms with Crippen LogP contribution in [0.5, 0.6) is 0 Å². The van der Waals surface area contributed by atoms with Crippen LogP contribution in [-0.2, 0) is 19.1 Å². The van der Waals surface area contributed by atoms with E-state index in [0.29, 0.717) is 50.5 Å². The first-order chi connectivity index (χ1) is 12.9. The Hall–Kier alpha value is -0.740. The molecule has 0 radical (unpaired) electrons. The fourth-order valence-electron chi connectivity index (χ4n) is 5.48. The van der Waals surface area contributed by atoms with Crippen LogP contribution in [0.4, 0.5) is 0 Å². The summed E-state index contributed by atoms with van der Waals surface area (Å²) in [5.74, 6) is 0.515. The second kappa shape index (κ2) is 10.2. The highest BCUT2D eigenvalue weighted by Gasteiger charge is 2.63. The lowest BCUT2D eigenvalue weighted by Gasteiger charge is -2.59. The summed E-state index contributed by atoms with van der Waals surface area (Å²) in [6.45, 7) is 9.48. The van der Waals surface area contributed by atoms with Gasteiger partial charge in [-0.05, 0) is 39.0 Å². The summed E-state index contributed by atoms with van der Waals surface area (Å²) in [5, 5.41) is 0. The molecule has 0 aromatic carbocycles. The third kappa shape index (κ3) is 4.82. The molecule has 0 spiro atoms. The van der Waals surface area contributed by atoms with Gasteiger partial charge in [0.25, 0.3) is 0 Å². The number of unbranched alkanes of at least 4 members (excludes halogenated alkanes) is 5. The number of ether oxygens (including phenoxy) is 2. The summed E-state index contributed by atoms with van der Waals surface area (Å²) < 4.78 is 12.5. The molecule has 0 aromatic rings. The zero-order valence-electron chi connectivity index (χ0n) is 18.0. The second-order valence-electron chi connectivity index (χ2n) is 8.66. The summed E-state index contributed by atoms with van der Waals surface area (Å²) in [6, 6.07) is 0. The Kier molecular flexibility index (Phi) is 8.48. The van der Waals surface area contributed by atoms with Crippen molar-refractivity contribution in [2.75, 3.05) is 13.2 Å². The van der Waals surface area contributed by atoms with Crippen LogP contribution in [-0.4, -0.2) is 30.6 Å². The maximum absolute atomic E-state index is 11.9. The van der Waals surface area contributed by atoms with Gasteiger partial charge in [0, 0.05) is 44.3 Å². The lowest BCUT2D eigenvalue weighted by atomic mass is 9.49. The van der Waals surface area contributed by atoms with Crippen LogP contribution in [0, 0.1) is 17.3 Å². The molecule has 4 nitrogen and oxygen atoms in total. The van der Waals surface area contributed by atoms with Gasteiger partial charge < -0.3 is 9.47 Å². The van der Waals surface area contributed by atoms with Crippen molar-refractivity contribution in [3.8, 4) is 0 Å². The molecule has 0 aromatic heterocycles. The van der Waals surface area contributed by atoms with E-state index in [4.69, 9.17) is 9.47 Å². The molecule has 0 N–H and O–H groups in total. The molecule has 0 atom stereocenters. The Morgan fingerprint density at radius 1 is 0.778 bits per heavy atom. The van der Waals surface area contributed by atoms with Gasteiger partial charge in [-0.25, -0.2) is 0 Å². The number of carbonyl (C=O) groups excluding carboxylic acids is 2. The lowest BCUT2D eigenvalue weighted by molar-refractivity contribution is -0.322. The number of carbonyl (C=O) groups is 2. The summed E-state index contributed by atoms with van der Waals surface area (Å²) in [5.41, 5.74) is -0.231. The molecule has 0 saturated heterocycles. The summed E-state index contributed by atoms with van der Waals surface area (Å²) >= 11 is 0. The van der Waals surface area contributed by atoms with E-state index in [1.54, 1.807) is 0 Å². The first kappa shape index (κ1) is 22.5. The molecular formula is C23H40O4. The van der Waals surface area contributed by atoms with Gasteiger partial charge >= 0.3 is 0 Å². The maximum atomic E-state index is 11.9. The number of Topliss-reactive ketones (excluding diaryl/α,β-unsaturated/α-hetero) is 2. The van der Waals surface area contributed by atoms with Crippen molar-refractivity contribution in [1.29, 1.82) is 0 Å². The molecule has 0 bridgehead atoms. The SMILES string of the molecule is CCCCCCCCC(C1CC(=O)C1)(C1CC(=O)C1)C(C)(OCC)OCC. The Morgan fingerprint density at radius 3 is 1.63 bits per heavy atom. The lowest BCUT2D eigenvalue weighted by Crippen LogP contribution is -2.63. The van der Waals surface area contributed by atoms with Gasteiger partial charge in [-0.2, -0.15) is 0 Å². The van der Waals surface area contributed by atoms with Crippen LogP contribution in [0.3, 0.4) is 0 Å². The van der Waals surface area contributed by atoms with Crippen molar-refractivity contribution in [2.45, 2.75) is 104 Å². The topological polar surface area (TPSA) is 52.6 Å². The van der Waals surface area contributed by atoms with Crippen molar-refractivity contribution in [3.63, 3.8) is 0 Å². The van der Waals surface area contributed by atoms with Gasteiger partial charge in [-0.1, -0.05) is 45.4 Å². The quantitative estimate of drug-likeness (QED) is 0.296. The van der Waals surface area contributed by atoms with E-state index in [9.17, 15) is 9.59 Å². The molecule has 0 aliphatic heterocycles. The van der Waals surface area contributed by atoms with Gasteiger partial charge in [0.15, 0.2) is 5.79 Å². The minimum Gasteiger partial charge on any atom is -0.350 e. The molecule has 156 valence electrons. The average molecular weight is 381 g/mol. The van der Waals surface area contributed by atoms with E-state index in [1.165, 1.54) is 32.1 Å². The molecular weight excluding hydrogens is 340 g/mol. The molecule has 2 saturated carbocycles. The molecule has 2 aliphatic carbocycles.